The predicted octanol–water partition coefficient (Wildman–Crippen LogP) is 3.53. The normalized spacial score (nSPS) is 14.1. The highest BCUT2D eigenvalue weighted by Gasteiger charge is 2.28. The number of amides is 2. The Kier molecular flexibility index (Phi) is 6.44. The fourth-order valence-corrected chi connectivity index (χ4v) is 4.01. The van der Waals surface area contributed by atoms with Crippen molar-refractivity contribution in [3.8, 4) is 17.2 Å². The van der Waals surface area contributed by atoms with Crippen LogP contribution in [-0.4, -0.2) is 54.6 Å². The van der Waals surface area contributed by atoms with E-state index in [1.807, 2.05) is 53.4 Å². The summed E-state index contributed by atoms with van der Waals surface area (Å²) in [6, 6.07) is 16.8. The van der Waals surface area contributed by atoms with Crippen molar-refractivity contribution in [3.63, 3.8) is 0 Å². The highest BCUT2D eigenvalue weighted by atomic mass is 16.5. The van der Waals surface area contributed by atoms with Crippen molar-refractivity contribution in [2.24, 2.45) is 0 Å². The number of benzene rings is 2. The monoisotopic (exact) mass is 433 g/mol. The molecule has 1 fully saturated rings. The molecule has 4 rings (SSSR count). The Bertz CT molecular complexity index is 1050. The zero-order valence-corrected chi connectivity index (χ0v) is 18.3. The Labute approximate surface area is 187 Å². The van der Waals surface area contributed by atoms with Crippen LogP contribution in [0.5, 0.6) is 11.5 Å². The summed E-state index contributed by atoms with van der Waals surface area (Å²) < 4.78 is 12.7. The van der Waals surface area contributed by atoms with Crippen LogP contribution in [0.1, 0.15) is 33.6 Å². The average Bonchev–Trinajstić information content (AvgIpc) is 3.38. The van der Waals surface area contributed by atoms with Crippen molar-refractivity contribution in [2.75, 3.05) is 27.3 Å². The second kappa shape index (κ2) is 9.60. The van der Waals surface area contributed by atoms with Gasteiger partial charge in [-0.05, 0) is 61.4 Å². The van der Waals surface area contributed by atoms with Gasteiger partial charge in [-0.25, -0.2) is 0 Å². The third-order valence-electron chi connectivity index (χ3n) is 5.79. The van der Waals surface area contributed by atoms with Gasteiger partial charge in [-0.2, -0.15) is 0 Å². The molecule has 2 amide bonds. The molecular formula is C25H27N3O4. The third-order valence-corrected chi connectivity index (χ3v) is 5.79. The van der Waals surface area contributed by atoms with Gasteiger partial charge in [-0.3, -0.25) is 9.59 Å². The molecule has 7 nitrogen and oxygen atoms in total. The fraction of sp³-hybridized carbons (Fsp3) is 0.280. The summed E-state index contributed by atoms with van der Waals surface area (Å²) in [5.41, 5.74) is 2.06. The van der Waals surface area contributed by atoms with E-state index in [1.165, 1.54) is 0 Å². The van der Waals surface area contributed by atoms with Crippen molar-refractivity contribution in [1.29, 1.82) is 0 Å². The summed E-state index contributed by atoms with van der Waals surface area (Å²) in [4.78, 5) is 27.6. The smallest absolute Gasteiger partial charge is 0.261 e. The van der Waals surface area contributed by atoms with Crippen LogP contribution in [-0.2, 0) is 0 Å². The number of likely N-dealkylation sites (tertiary alicyclic amines) is 1. The van der Waals surface area contributed by atoms with Crippen LogP contribution in [0, 0.1) is 0 Å². The molecule has 0 unspecified atom stereocenters. The largest absolute Gasteiger partial charge is 0.496 e. The van der Waals surface area contributed by atoms with Gasteiger partial charge < -0.3 is 24.3 Å². The molecule has 1 aromatic heterocycles. The Morgan fingerprint density at radius 1 is 0.875 bits per heavy atom. The fourth-order valence-electron chi connectivity index (χ4n) is 4.01. The van der Waals surface area contributed by atoms with Crippen molar-refractivity contribution in [2.45, 2.75) is 18.9 Å². The maximum absolute atomic E-state index is 13.1. The van der Waals surface area contributed by atoms with Crippen molar-refractivity contribution in [1.82, 2.24) is 14.8 Å². The van der Waals surface area contributed by atoms with Crippen LogP contribution < -0.4 is 14.8 Å². The van der Waals surface area contributed by atoms with Crippen LogP contribution >= 0.6 is 0 Å². The molecule has 32 heavy (non-hydrogen) atoms. The Morgan fingerprint density at radius 3 is 2.03 bits per heavy atom. The lowest BCUT2D eigenvalue weighted by atomic mass is 10.0. The molecule has 0 atom stereocenters. The number of nitrogens with zero attached hydrogens (tertiary/aromatic N) is 2. The summed E-state index contributed by atoms with van der Waals surface area (Å²) in [6.07, 6.45) is 5.31. The number of nitrogens with one attached hydrogen (secondary N) is 1. The topological polar surface area (TPSA) is 72.8 Å². The van der Waals surface area contributed by atoms with Crippen LogP contribution in [0.4, 0.5) is 0 Å². The highest BCUT2D eigenvalue weighted by Crippen LogP contribution is 2.30. The Balaban J connectivity index is 1.35. The minimum atomic E-state index is -0.121. The summed E-state index contributed by atoms with van der Waals surface area (Å²) in [5.74, 6) is 0.770. The second-order valence-corrected chi connectivity index (χ2v) is 7.71. The van der Waals surface area contributed by atoms with Crippen LogP contribution in [0.15, 0.2) is 67.0 Å². The van der Waals surface area contributed by atoms with E-state index in [4.69, 9.17) is 9.47 Å². The lowest BCUT2D eigenvalue weighted by molar-refractivity contribution is 0.0691. The number of rotatable bonds is 6. The molecule has 0 saturated carbocycles. The minimum absolute atomic E-state index is 0.0234. The molecule has 0 radical (unpaired) electrons. The van der Waals surface area contributed by atoms with E-state index in [0.717, 1.165) is 5.69 Å². The minimum Gasteiger partial charge on any atom is -0.496 e. The highest BCUT2D eigenvalue weighted by molar-refractivity contribution is 6.00. The molecule has 0 bridgehead atoms. The van der Waals surface area contributed by atoms with Gasteiger partial charge in [0.05, 0.1) is 14.2 Å². The summed E-state index contributed by atoms with van der Waals surface area (Å²) >= 11 is 0. The standard InChI is InChI=1S/C25H27N3O4/c1-31-21-6-5-7-22(32-2)23(21)25(30)28-16-12-19(13-17-28)26-24(29)18-8-10-20(11-9-18)27-14-3-4-15-27/h3-11,14-15,19H,12-13,16-17H2,1-2H3,(H,26,29). The lowest BCUT2D eigenvalue weighted by Gasteiger charge is -2.33. The lowest BCUT2D eigenvalue weighted by Crippen LogP contribution is -2.46. The van der Waals surface area contributed by atoms with Crippen molar-refractivity contribution >= 4 is 11.8 Å². The first-order valence-corrected chi connectivity index (χ1v) is 10.6. The maximum atomic E-state index is 13.1. The van der Waals surface area contributed by atoms with Gasteiger partial charge in [0.1, 0.15) is 17.1 Å². The first-order chi connectivity index (χ1) is 15.6. The number of hydrogen-bond donors (Lipinski definition) is 1. The zero-order chi connectivity index (χ0) is 22.5. The zero-order valence-electron chi connectivity index (χ0n) is 18.3. The SMILES string of the molecule is COc1cccc(OC)c1C(=O)N1CCC(NC(=O)c2ccc(-n3cccc3)cc2)CC1. The molecule has 2 heterocycles. The molecule has 2 aromatic carbocycles. The van der Waals surface area contributed by atoms with E-state index in [-0.39, 0.29) is 17.9 Å². The number of ether oxygens (including phenoxy) is 2. The predicted molar refractivity (Wildman–Crippen MR) is 122 cm³/mol. The molecule has 7 heteroatoms. The number of carbonyl (C=O) groups is 2. The molecule has 1 saturated heterocycles. The molecule has 3 aromatic rings. The molecule has 0 aliphatic carbocycles. The van der Waals surface area contributed by atoms with E-state index >= 15 is 0 Å². The number of piperidine rings is 1. The van der Waals surface area contributed by atoms with E-state index in [1.54, 1.807) is 37.3 Å². The van der Waals surface area contributed by atoms with Gasteiger partial charge in [-0.1, -0.05) is 6.07 Å². The second-order valence-electron chi connectivity index (χ2n) is 7.71. The molecule has 1 N–H and O–H groups in total. The first-order valence-electron chi connectivity index (χ1n) is 10.6. The van der Waals surface area contributed by atoms with E-state index in [9.17, 15) is 9.59 Å². The van der Waals surface area contributed by atoms with E-state index < -0.39 is 0 Å². The number of carbonyl (C=O) groups excluding carboxylic acids is 2. The van der Waals surface area contributed by atoms with Crippen molar-refractivity contribution < 1.29 is 19.1 Å². The number of methoxy groups -OCH3 is 2. The van der Waals surface area contributed by atoms with Gasteiger partial charge in [-0.15, -0.1) is 0 Å². The van der Waals surface area contributed by atoms with Gasteiger partial charge in [0.25, 0.3) is 11.8 Å². The Morgan fingerprint density at radius 2 is 1.47 bits per heavy atom. The molecule has 0 spiro atoms. The summed E-state index contributed by atoms with van der Waals surface area (Å²) in [6.45, 7) is 1.11. The average molecular weight is 434 g/mol. The molecular weight excluding hydrogens is 406 g/mol. The van der Waals surface area contributed by atoms with E-state index in [2.05, 4.69) is 5.32 Å². The molecule has 1 aliphatic rings. The van der Waals surface area contributed by atoms with Crippen molar-refractivity contribution in [3.05, 3.63) is 78.1 Å². The van der Waals surface area contributed by atoms with Gasteiger partial charge in [0, 0.05) is 42.8 Å². The van der Waals surface area contributed by atoms with Crippen LogP contribution in [0.2, 0.25) is 0 Å². The first kappa shape index (κ1) is 21.5. The quantitative estimate of drug-likeness (QED) is 0.646. The van der Waals surface area contributed by atoms with Crippen LogP contribution in [0.25, 0.3) is 5.69 Å². The number of aromatic nitrogens is 1. The van der Waals surface area contributed by atoms with Crippen LogP contribution in [0.3, 0.4) is 0 Å². The summed E-state index contributed by atoms with van der Waals surface area (Å²) in [7, 11) is 3.08. The van der Waals surface area contributed by atoms with Gasteiger partial charge in [0.15, 0.2) is 0 Å². The maximum Gasteiger partial charge on any atom is 0.261 e. The Hall–Kier alpha value is -3.74. The molecule has 1 aliphatic heterocycles. The third kappa shape index (κ3) is 4.46. The summed E-state index contributed by atoms with van der Waals surface area (Å²) in [5, 5.41) is 3.10. The number of hydrogen-bond acceptors (Lipinski definition) is 4. The van der Waals surface area contributed by atoms with Gasteiger partial charge in [0.2, 0.25) is 0 Å². The molecule has 166 valence electrons. The van der Waals surface area contributed by atoms with E-state index in [0.29, 0.717) is 48.6 Å². The van der Waals surface area contributed by atoms with Gasteiger partial charge >= 0.3 is 0 Å².